The summed E-state index contributed by atoms with van der Waals surface area (Å²) in [4.78, 5) is 19.5. The molecule has 0 aliphatic rings. The maximum atomic E-state index is 11.4. The number of aromatic nitrogens is 4. The van der Waals surface area contributed by atoms with Gasteiger partial charge in [0.05, 0.1) is 37.6 Å². The van der Waals surface area contributed by atoms with Gasteiger partial charge >= 0.3 is 0 Å². The molecule has 0 atom stereocenters. The van der Waals surface area contributed by atoms with E-state index in [-0.39, 0.29) is 5.69 Å². The van der Waals surface area contributed by atoms with Crippen LogP contribution in [0, 0.1) is 10.1 Å². The topological polar surface area (TPSA) is 117 Å². The third-order valence-corrected chi connectivity index (χ3v) is 3.84. The van der Waals surface area contributed by atoms with E-state index in [1.54, 1.807) is 41.6 Å². The molecule has 0 spiro atoms. The number of hydrogen-bond acceptors (Lipinski definition) is 8. The van der Waals surface area contributed by atoms with Crippen LogP contribution in [-0.4, -0.2) is 45.4 Å². The number of methoxy groups -OCH3 is 2. The van der Waals surface area contributed by atoms with Crippen LogP contribution in [0.3, 0.4) is 0 Å². The Labute approximate surface area is 154 Å². The molecule has 0 saturated heterocycles. The van der Waals surface area contributed by atoms with E-state index >= 15 is 0 Å². The average Bonchev–Trinajstić information content (AvgIpc) is 3.22. The smallest absolute Gasteiger partial charge is 0.276 e. The Morgan fingerprint density at radius 3 is 2.67 bits per heavy atom. The molecule has 0 unspecified atom stereocenters. The summed E-state index contributed by atoms with van der Waals surface area (Å²) in [6, 6.07) is 4.77. The van der Waals surface area contributed by atoms with Crippen LogP contribution < -0.4 is 14.8 Å². The number of nitrogens with one attached hydrogen (secondary N) is 1. The van der Waals surface area contributed by atoms with E-state index in [0.717, 1.165) is 0 Å². The van der Waals surface area contributed by atoms with Gasteiger partial charge in [-0.15, -0.1) is 0 Å². The van der Waals surface area contributed by atoms with E-state index in [4.69, 9.17) is 9.47 Å². The molecule has 10 heteroatoms. The number of nitro benzene ring substituents is 1. The summed E-state index contributed by atoms with van der Waals surface area (Å²) in [6.45, 7) is 0.424. The summed E-state index contributed by atoms with van der Waals surface area (Å²) in [5, 5.41) is 18.6. The second kappa shape index (κ2) is 8.13. The first-order chi connectivity index (χ1) is 13.1. The lowest BCUT2D eigenvalue weighted by Crippen LogP contribution is -2.10. The Morgan fingerprint density at radius 1 is 1.22 bits per heavy atom. The quantitative estimate of drug-likeness (QED) is 0.474. The van der Waals surface area contributed by atoms with Gasteiger partial charge in [0.15, 0.2) is 17.3 Å². The minimum absolute atomic E-state index is 0.0224. The molecule has 0 aliphatic carbocycles. The van der Waals surface area contributed by atoms with Gasteiger partial charge in [-0.1, -0.05) is 0 Å². The van der Waals surface area contributed by atoms with Crippen molar-refractivity contribution < 1.29 is 14.4 Å². The van der Waals surface area contributed by atoms with Crippen LogP contribution in [0.2, 0.25) is 0 Å². The third-order valence-electron chi connectivity index (χ3n) is 3.84. The monoisotopic (exact) mass is 370 g/mol. The van der Waals surface area contributed by atoms with Gasteiger partial charge in [-0.2, -0.15) is 5.10 Å². The zero-order valence-electron chi connectivity index (χ0n) is 14.8. The fourth-order valence-corrected chi connectivity index (χ4v) is 2.56. The van der Waals surface area contributed by atoms with Crippen molar-refractivity contribution in [3.05, 3.63) is 58.7 Å². The van der Waals surface area contributed by atoms with E-state index in [2.05, 4.69) is 20.4 Å². The molecule has 0 saturated carbocycles. The maximum Gasteiger partial charge on any atom is 0.276 e. The third kappa shape index (κ3) is 4.11. The average molecular weight is 370 g/mol. The molecule has 0 aliphatic heterocycles. The number of hydrogen-bond donors (Lipinski definition) is 1. The Bertz CT molecular complexity index is 929. The molecular formula is C17H18N6O4. The summed E-state index contributed by atoms with van der Waals surface area (Å²) in [5.41, 5.74) is 0.507. The predicted molar refractivity (Wildman–Crippen MR) is 97.5 cm³/mol. The van der Waals surface area contributed by atoms with Crippen LogP contribution in [-0.2, 0) is 6.42 Å². The number of ether oxygens (including phenoxy) is 2. The first-order valence-electron chi connectivity index (χ1n) is 8.07. The maximum absolute atomic E-state index is 11.4. The van der Waals surface area contributed by atoms with Crippen molar-refractivity contribution >= 4 is 11.5 Å². The molecule has 1 aromatic carbocycles. The zero-order chi connectivity index (χ0) is 19.2. The van der Waals surface area contributed by atoms with E-state index in [0.29, 0.717) is 41.7 Å². The number of nitro groups is 1. The highest BCUT2D eigenvalue weighted by Crippen LogP contribution is 2.34. The second-order valence-electron chi connectivity index (χ2n) is 5.48. The highest BCUT2D eigenvalue weighted by atomic mass is 16.6. The fourth-order valence-electron chi connectivity index (χ4n) is 2.56. The summed E-state index contributed by atoms with van der Waals surface area (Å²) in [7, 11) is 2.93. The fraction of sp³-hybridized carbons (Fsp3) is 0.235. The lowest BCUT2D eigenvalue weighted by molar-refractivity contribution is -0.385. The molecule has 10 nitrogen and oxygen atoms in total. The van der Waals surface area contributed by atoms with Crippen LogP contribution in [0.15, 0.2) is 43.0 Å². The van der Waals surface area contributed by atoms with Gasteiger partial charge in [0.25, 0.3) is 5.69 Å². The van der Waals surface area contributed by atoms with Gasteiger partial charge in [0.1, 0.15) is 5.82 Å². The van der Waals surface area contributed by atoms with Crippen LogP contribution in [0.4, 0.5) is 11.5 Å². The highest BCUT2D eigenvalue weighted by Gasteiger charge is 2.19. The Morgan fingerprint density at radius 2 is 2.00 bits per heavy atom. The normalized spacial score (nSPS) is 10.4. The molecule has 0 fully saturated rings. The molecule has 140 valence electrons. The summed E-state index contributed by atoms with van der Waals surface area (Å²) < 4.78 is 12.0. The molecular weight excluding hydrogens is 352 g/mol. The second-order valence-corrected chi connectivity index (χ2v) is 5.48. The summed E-state index contributed by atoms with van der Waals surface area (Å²) in [6.07, 6.45) is 6.98. The molecule has 3 rings (SSSR count). The minimum Gasteiger partial charge on any atom is -0.493 e. The van der Waals surface area contributed by atoms with Gasteiger partial charge in [-0.3, -0.25) is 15.1 Å². The largest absolute Gasteiger partial charge is 0.493 e. The number of anilines is 1. The predicted octanol–water partition coefficient (Wildman–Crippen LogP) is 2.24. The van der Waals surface area contributed by atoms with Crippen molar-refractivity contribution in [2.75, 3.05) is 26.1 Å². The molecule has 1 N–H and O–H groups in total. The van der Waals surface area contributed by atoms with Crippen molar-refractivity contribution in [3.8, 4) is 17.3 Å². The Balaban J connectivity index is 1.73. The summed E-state index contributed by atoms with van der Waals surface area (Å²) >= 11 is 0. The van der Waals surface area contributed by atoms with Gasteiger partial charge in [0, 0.05) is 24.5 Å². The van der Waals surface area contributed by atoms with Crippen molar-refractivity contribution in [1.29, 1.82) is 0 Å². The van der Waals surface area contributed by atoms with E-state index in [1.807, 2.05) is 0 Å². The van der Waals surface area contributed by atoms with Crippen LogP contribution >= 0.6 is 0 Å². The first-order valence-corrected chi connectivity index (χ1v) is 8.07. The van der Waals surface area contributed by atoms with Crippen molar-refractivity contribution in [2.24, 2.45) is 0 Å². The molecule has 0 radical (unpaired) electrons. The van der Waals surface area contributed by atoms with Gasteiger partial charge in [-0.05, 0) is 18.6 Å². The molecule has 0 amide bonds. The zero-order valence-corrected chi connectivity index (χ0v) is 14.8. The molecule has 0 bridgehead atoms. The van der Waals surface area contributed by atoms with E-state index < -0.39 is 4.92 Å². The molecule has 2 heterocycles. The summed E-state index contributed by atoms with van der Waals surface area (Å²) in [5.74, 6) is 1.88. The lowest BCUT2D eigenvalue weighted by atomic mass is 10.1. The molecule has 3 aromatic rings. The van der Waals surface area contributed by atoms with Crippen LogP contribution in [0.1, 0.15) is 5.56 Å². The SMILES string of the molecule is COc1cc(CCNc2cncc(-n3cccn3)n2)c([N+](=O)[O-])cc1OC. The highest BCUT2D eigenvalue weighted by molar-refractivity contribution is 5.54. The Hall–Kier alpha value is -3.69. The van der Waals surface area contributed by atoms with E-state index in [1.165, 1.54) is 20.3 Å². The Kier molecular flexibility index (Phi) is 5.45. The lowest BCUT2D eigenvalue weighted by Gasteiger charge is -2.11. The van der Waals surface area contributed by atoms with Crippen LogP contribution in [0.25, 0.3) is 5.82 Å². The first kappa shape index (κ1) is 18.1. The van der Waals surface area contributed by atoms with Crippen LogP contribution in [0.5, 0.6) is 11.5 Å². The van der Waals surface area contributed by atoms with Gasteiger partial charge < -0.3 is 14.8 Å². The van der Waals surface area contributed by atoms with Crippen molar-refractivity contribution in [3.63, 3.8) is 0 Å². The van der Waals surface area contributed by atoms with E-state index in [9.17, 15) is 10.1 Å². The number of nitrogens with zero attached hydrogens (tertiary/aromatic N) is 5. The molecule has 27 heavy (non-hydrogen) atoms. The molecule has 2 aromatic heterocycles. The standard InChI is InChI=1S/C17H18N6O4/c1-26-14-8-12(13(23(24)25)9-15(14)27-2)4-6-19-16-10-18-11-17(21-16)22-7-3-5-20-22/h3,5,7-11H,4,6H2,1-2H3,(H,19,21). The number of benzene rings is 1. The van der Waals surface area contributed by atoms with Crippen molar-refractivity contribution in [1.82, 2.24) is 19.7 Å². The van der Waals surface area contributed by atoms with Gasteiger partial charge in [-0.25, -0.2) is 9.67 Å². The van der Waals surface area contributed by atoms with Crippen molar-refractivity contribution in [2.45, 2.75) is 6.42 Å². The van der Waals surface area contributed by atoms with Gasteiger partial charge in [0.2, 0.25) is 0 Å². The minimum atomic E-state index is -0.435. The number of rotatable bonds is 8.